The molecule has 0 radical (unpaired) electrons. The molecule has 21 heavy (non-hydrogen) atoms. The predicted molar refractivity (Wildman–Crippen MR) is 77.0 cm³/mol. The minimum atomic E-state index is -4.23. The molecule has 0 aromatic carbocycles. The van der Waals surface area contributed by atoms with E-state index in [1.165, 1.54) is 12.4 Å². The molecule has 1 N–H and O–H groups in total. The number of pyridine rings is 1. The van der Waals surface area contributed by atoms with E-state index in [0.717, 1.165) is 25.7 Å². The summed E-state index contributed by atoms with van der Waals surface area (Å²) >= 11 is 0. The van der Waals surface area contributed by atoms with Gasteiger partial charge in [0.2, 0.25) is 0 Å². The van der Waals surface area contributed by atoms with Crippen LogP contribution >= 0.6 is 0 Å². The van der Waals surface area contributed by atoms with Crippen LogP contribution in [0.4, 0.5) is 13.2 Å². The lowest BCUT2D eigenvalue weighted by molar-refractivity contribution is -0.158. The molecule has 118 valence electrons. The molecule has 0 spiro atoms. The Morgan fingerprint density at radius 1 is 1.24 bits per heavy atom. The monoisotopic (exact) mass is 300 g/mol. The van der Waals surface area contributed by atoms with Gasteiger partial charge >= 0.3 is 6.18 Å². The van der Waals surface area contributed by atoms with Gasteiger partial charge in [-0.2, -0.15) is 13.2 Å². The summed E-state index contributed by atoms with van der Waals surface area (Å²) in [6, 6.07) is 1.77. The lowest BCUT2D eigenvalue weighted by Crippen LogP contribution is -2.50. The number of hydrogen-bond acceptors (Lipinski definition) is 2. The van der Waals surface area contributed by atoms with E-state index >= 15 is 0 Å². The molecule has 1 saturated carbocycles. The maximum Gasteiger partial charge on any atom is 0.404 e. The minimum absolute atomic E-state index is 0.0357. The summed E-state index contributed by atoms with van der Waals surface area (Å²) in [4.78, 5) is 3.84. The number of halogens is 3. The maximum absolute atomic E-state index is 13.2. The van der Waals surface area contributed by atoms with Crippen LogP contribution in [0.1, 0.15) is 45.1 Å². The van der Waals surface area contributed by atoms with Crippen molar-refractivity contribution in [2.24, 2.45) is 5.41 Å². The minimum Gasteiger partial charge on any atom is -0.303 e. The lowest BCUT2D eigenvalue weighted by atomic mass is 9.75. The van der Waals surface area contributed by atoms with Crippen molar-refractivity contribution >= 4 is 0 Å². The molecular weight excluding hydrogens is 277 g/mol. The van der Waals surface area contributed by atoms with Crippen molar-refractivity contribution in [2.75, 3.05) is 0 Å². The number of nitrogens with one attached hydrogen (secondary N) is 1. The quantitative estimate of drug-likeness (QED) is 0.905. The molecule has 1 aliphatic rings. The third-order valence-electron chi connectivity index (χ3n) is 4.36. The molecule has 0 saturated heterocycles. The summed E-state index contributed by atoms with van der Waals surface area (Å²) in [6.45, 7) is 4.36. The number of rotatable bonds is 4. The first-order chi connectivity index (χ1) is 9.76. The van der Waals surface area contributed by atoms with E-state index in [1.807, 2.05) is 0 Å². The zero-order chi connectivity index (χ0) is 15.5. The van der Waals surface area contributed by atoms with Gasteiger partial charge in [0.25, 0.3) is 0 Å². The van der Waals surface area contributed by atoms with Gasteiger partial charge in [-0.25, -0.2) is 0 Å². The molecule has 2 nitrogen and oxygen atoms in total. The van der Waals surface area contributed by atoms with Gasteiger partial charge in [-0.1, -0.05) is 13.8 Å². The smallest absolute Gasteiger partial charge is 0.303 e. The third kappa shape index (κ3) is 4.99. The normalized spacial score (nSPS) is 21.2. The summed E-state index contributed by atoms with van der Waals surface area (Å²) in [5.74, 6) is 0. The highest BCUT2D eigenvalue weighted by Gasteiger charge is 2.41. The fourth-order valence-corrected chi connectivity index (χ4v) is 2.87. The summed E-state index contributed by atoms with van der Waals surface area (Å²) in [5.41, 5.74) is 0.924. The van der Waals surface area contributed by atoms with Gasteiger partial charge in [-0.3, -0.25) is 4.98 Å². The highest BCUT2D eigenvalue weighted by atomic mass is 19.4. The van der Waals surface area contributed by atoms with Crippen LogP contribution in [0.5, 0.6) is 0 Å². The first kappa shape index (κ1) is 16.3. The van der Waals surface area contributed by atoms with Gasteiger partial charge < -0.3 is 5.32 Å². The van der Waals surface area contributed by atoms with E-state index in [2.05, 4.69) is 24.1 Å². The predicted octanol–water partition coefficient (Wildman–Crippen LogP) is 4.11. The van der Waals surface area contributed by atoms with Crippen molar-refractivity contribution < 1.29 is 13.2 Å². The summed E-state index contributed by atoms with van der Waals surface area (Å²) in [7, 11) is 0. The molecule has 1 fully saturated rings. The van der Waals surface area contributed by atoms with Crippen LogP contribution in [0.25, 0.3) is 0 Å². The van der Waals surface area contributed by atoms with Crippen molar-refractivity contribution in [3.05, 3.63) is 30.1 Å². The zero-order valence-electron chi connectivity index (χ0n) is 12.6. The van der Waals surface area contributed by atoms with Crippen LogP contribution in [0.3, 0.4) is 0 Å². The fraction of sp³-hybridized carbons (Fsp3) is 0.688. The van der Waals surface area contributed by atoms with Crippen LogP contribution in [-0.4, -0.2) is 23.2 Å². The van der Waals surface area contributed by atoms with Crippen LogP contribution in [0, 0.1) is 5.41 Å². The number of alkyl halides is 3. The molecule has 5 heteroatoms. The Balaban J connectivity index is 1.98. The highest BCUT2D eigenvalue weighted by molar-refractivity contribution is 5.12. The number of hydrogen-bond donors (Lipinski definition) is 1. The number of nitrogens with zero attached hydrogens (tertiary/aromatic N) is 1. The first-order valence-electron chi connectivity index (χ1n) is 7.48. The van der Waals surface area contributed by atoms with E-state index in [1.54, 1.807) is 12.1 Å². The third-order valence-corrected chi connectivity index (χ3v) is 4.36. The van der Waals surface area contributed by atoms with Gasteiger partial charge in [0, 0.05) is 18.4 Å². The average Bonchev–Trinajstić information content (AvgIpc) is 2.40. The molecular formula is C16H23F3N2. The molecule has 0 amide bonds. The second kappa shape index (κ2) is 6.34. The van der Waals surface area contributed by atoms with Gasteiger partial charge in [0.05, 0.1) is 0 Å². The summed E-state index contributed by atoms with van der Waals surface area (Å²) < 4.78 is 39.7. The molecule has 0 bridgehead atoms. The van der Waals surface area contributed by atoms with Crippen molar-refractivity contribution in [2.45, 2.75) is 64.2 Å². The zero-order valence-corrected chi connectivity index (χ0v) is 12.6. The van der Waals surface area contributed by atoms with E-state index in [9.17, 15) is 13.2 Å². The molecule has 1 unspecified atom stereocenters. The summed E-state index contributed by atoms with van der Waals surface area (Å²) in [6.07, 6.45) is 2.39. The lowest BCUT2D eigenvalue weighted by Gasteiger charge is -2.37. The van der Waals surface area contributed by atoms with E-state index in [-0.39, 0.29) is 17.9 Å². The molecule has 1 aliphatic carbocycles. The Hall–Kier alpha value is -1.10. The Morgan fingerprint density at radius 3 is 2.33 bits per heavy atom. The Morgan fingerprint density at radius 2 is 1.81 bits per heavy atom. The Kier molecular flexibility index (Phi) is 4.91. The molecule has 1 heterocycles. The van der Waals surface area contributed by atoms with Crippen LogP contribution in [0.2, 0.25) is 0 Å². The van der Waals surface area contributed by atoms with Gasteiger partial charge in [0.1, 0.15) is 6.04 Å². The van der Waals surface area contributed by atoms with Gasteiger partial charge in [0.15, 0.2) is 0 Å². The second-order valence-electron chi connectivity index (χ2n) is 6.76. The second-order valence-corrected chi connectivity index (χ2v) is 6.76. The molecule has 2 rings (SSSR count). The van der Waals surface area contributed by atoms with E-state index in [4.69, 9.17) is 0 Å². The van der Waals surface area contributed by atoms with E-state index in [0.29, 0.717) is 5.56 Å². The highest BCUT2D eigenvalue weighted by Crippen LogP contribution is 2.36. The van der Waals surface area contributed by atoms with Crippen LogP contribution in [-0.2, 0) is 6.42 Å². The van der Waals surface area contributed by atoms with E-state index < -0.39 is 12.2 Å². The average molecular weight is 300 g/mol. The standard InChI is InChI=1S/C16H23F3N2/c1-15(2)7-3-13(4-8-15)21-14(16(17,18)19)11-12-5-9-20-10-6-12/h5-6,9-10,13-14,21H,3-4,7-8,11H2,1-2H3. The van der Waals surface area contributed by atoms with Crippen LogP contribution in [0.15, 0.2) is 24.5 Å². The van der Waals surface area contributed by atoms with Crippen molar-refractivity contribution in [3.8, 4) is 0 Å². The Bertz CT molecular complexity index is 433. The molecule has 1 atom stereocenters. The maximum atomic E-state index is 13.2. The Labute approximate surface area is 124 Å². The summed E-state index contributed by atoms with van der Waals surface area (Å²) in [5, 5.41) is 2.84. The molecule has 1 aromatic rings. The van der Waals surface area contributed by atoms with Crippen molar-refractivity contribution in [1.82, 2.24) is 10.3 Å². The van der Waals surface area contributed by atoms with Gasteiger partial charge in [-0.05, 0) is 55.2 Å². The SMILES string of the molecule is CC1(C)CCC(NC(Cc2ccncc2)C(F)(F)F)CC1. The topological polar surface area (TPSA) is 24.9 Å². The van der Waals surface area contributed by atoms with Crippen molar-refractivity contribution in [1.29, 1.82) is 0 Å². The molecule has 1 aromatic heterocycles. The van der Waals surface area contributed by atoms with Gasteiger partial charge in [-0.15, -0.1) is 0 Å². The number of aromatic nitrogens is 1. The largest absolute Gasteiger partial charge is 0.404 e. The van der Waals surface area contributed by atoms with Crippen LogP contribution < -0.4 is 5.32 Å². The first-order valence-corrected chi connectivity index (χ1v) is 7.48. The van der Waals surface area contributed by atoms with Crippen molar-refractivity contribution in [3.63, 3.8) is 0 Å². The molecule has 0 aliphatic heterocycles. The fourth-order valence-electron chi connectivity index (χ4n) is 2.87.